The van der Waals surface area contributed by atoms with Crippen molar-refractivity contribution in [2.24, 2.45) is 4.99 Å². The van der Waals surface area contributed by atoms with Gasteiger partial charge < -0.3 is 10.2 Å². The maximum Gasteiger partial charge on any atom is 0.248 e. The Morgan fingerprint density at radius 2 is 2.24 bits per heavy atom. The van der Waals surface area contributed by atoms with Crippen LogP contribution in [0, 0.1) is 0 Å². The molecule has 3 aliphatic heterocycles. The summed E-state index contributed by atoms with van der Waals surface area (Å²) < 4.78 is 0. The van der Waals surface area contributed by atoms with E-state index in [4.69, 9.17) is 11.6 Å². The predicted octanol–water partition coefficient (Wildman–Crippen LogP) is 1.98. The Hall–Kier alpha value is -2.40. The van der Waals surface area contributed by atoms with Gasteiger partial charge in [0.1, 0.15) is 11.0 Å². The molecule has 1 amide bonds. The quantitative estimate of drug-likeness (QED) is 0.807. The van der Waals surface area contributed by atoms with Crippen molar-refractivity contribution in [3.63, 3.8) is 0 Å². The van der Waals surface area contributed by atoms with Gasteiger partial charge >= 0.3 is 0 Å². The monoisotopic (exact) mass is 298 g/mol. The first-order valence-corrected chi connectivity index (χ1v) is 7.00. The predicted molar refractivity (Wildman–Crippen MR) is 79.5 cm³/mol. The molecule has 5 nitrogen and oxygen atoms in total. The van der Waals surface area contributed by atoms with E-state index >= 15 is 0 Å². The Morgan fingerprint density at radius 1 is 1.33 bits per heavy atom. The summed E-state index contributed by atoms with van der Waals surface area (Å²) in [5, 5.41) is 3.37. The molecule has 0 radical (unpaired) electrons. The second-order valence-electron chi connectivity index (χ2n) is 4.96. The number of nitrogens with one attached hydrogen (secondary N) is 1. The maximum atomic E-state index is 11.7. The molecular formula is C15H11ClN4O. The molecule has 6 heteroatoms. The molecule has 0 saturated heterocycles. The first kappa shape index (κ1) is 12.3. The number of carbonyl (C=O) groups is 1. The average Bonchev–Trinajstić information content (AvgIpc) is 2.81. The van der Waals surface area contributed by atoms with Gasteiger partial charge in [0.25, 0.3) is 0 Å². The molecule has 0 bridgehead atoms. The number of hydrogen-bond donors (Lipinski definition) is 1. The highest BCUT2D eigenvalue weighted by Gasteiger charge is 2.32. The standard InChI is InChI=1S/C15H11ClN4O/c16-12-7-9(3-5-17-12)15-18-8-10-1-2-13(21)19-11-4-6-20(15)14(10)11/h1-3,5,7-8H,4,6H2,(H,19,21). The van der Waals surface area contributed by atoms with Crippen molar-refractivity contribution in [1.82, 2.24) is 15.2 Å². The number of rotatable bonds is 1. The number of amides is 1. The van der Waals surface area contributed by atoms with Crippen LogP contribution in [-0.4, -0.2) is 28.2 Å². The molecule has 0 aromatic carbocycles. The summed E-state index contributed by atoms with van der Waals surface area (Å²) in [5.41, 5.74) is 3.84. The lowest BCUT2D eigenvalue weighted by molar-refractivity contribution is -0.115. The third-order valence-corrected chi connectivity index (χ3v) is 3.88. The lowest BCUT2D eigenvalue weighted by Crippen LogP contribution is -2.31. The van der Waals surface area contributed by atoms with Gasteiger partial charge in [-0.05, 0) is 18.2 Å². The van der Waals surface area contributed by atoms with Crippen LogP contribution in [0.4, 0.5) is 0 Å². The average molecular weight is 299 g/mol. The molecule has 1 N–H and O–H groups in total. The van der Waals surface area contributed by atoms with Gasteiger partial charge in [-0.25, -0.2) is 9.98 Å². The molecule has 0 saturated carbocycles. The molecule has 104 valence electrons. The highest BCUT2D eigenvalue weighted by atomic mass is 35.5. The normalized spacial score (nSPS) is 19.9. The van der Waals surface area contributed by atoms with E-state index in [1.54, 1.807) is 24.5 Å². The van der Waals surface area contributed by atoms with E-state index in [0.29, 0.717) is 5.15 Å². The van der Waals surface area contributed by atoms with Crippen molar-refractivity contribution in [3.05, 3.63) is 64.4 Å². The number of carbonyl (C=O) groups excluding carboxylic acids is 1. The third kappa shape index (κ3) is 1.97. The minimum Gasteiger partial charge on any atom is -0.324 e. The number of pyridine rings is 1. The van der Waals surface area contributed by atoms with Crippen LogP contribution in [0.15, 0.2) is 58.6 Å². The summed E-state index contributed by atoms with van der Waals surface area (Å²) >= 11 is 5.97. The Bertz CT molecular complexity index is 776. The topological polar surface area (TPSA) is 57.6 Å². The summed E-state index contributed by atoms with van der Waals surface area (Å²) in [4.78, 5) is 22.3. The highest BCUT2D eigenvalue weighted by molar-refractivity contribution is 6.29. The molecule has 21 heavy (non-hydrogen) atoms. The first-order chi connectivity index (χ1) is 10.2. The molecule has 3 aliphatic rings. The third-order valence-electron chi connectivity index (χ3n) is 3.67. The van der Waals surface area contributed by atoms with Gasteiger partial charge in [0, 0.05) is 48.3 Å². The molecule has 0 aliphatic carbocycles. The fourth-order valence-electron chi connectivity index (χ4n) is 2.79. The minimum absolute atomic E-state index is 0.0943. The highest BCUT2D eigenvalue weighted by Crippen LogP contribution is 2.34. The smallest absolute Gasteiger partial charge is 0.248 e. The van der Waals surface area contributed by atoms with Gasteiger partial charge in [-0.3, -0.25) is 4.79 Å². The molecule has 0 fully saturated rings. The minimum atomic E-state index is -0.0943. The Kier molecular flexibility index (Phi) is 2.68. The van der Waals surface area contributed by atoms with Crippen molar-refractivity contribution >= 4 is 23.3 Å². The number of aromatic nitrogens is 1. The largest absolute Gasteiger partial charge is 0.324 e. The number of halogens is 1. The zero-order valence-electron chi connectivity index (χ0n) is 11.0. The molecule has 4 heterocycles. The number of allylic oxidation sites excluding steroid dienone is 1. The van der Waals surface area contributed by atoms with Gasteiger partial charge in [0.05, 0.1) is 5.70 Å². The van der Waals surface area contributed by atoms with Gasteiger partial charge in [-0.1, -0.05) is 11.6 Å². The van der Waals surface area contributed by atoms with Gasteiger partial charge in [0.15, 0.2) is 0 Å². The van der Waals surface area contributed by atoms with E-state index in [9.17, 15) is 4.79 Å². The van der Waals surface area contributed by atoms with E-state index < -0.39 is 0 Å². The van der Waals surface area contributed by atoms with Crippen LogP contribution in [0.25, 0.3) is 0 Å². The van der Waals surface area contributed by atoms with E-state index in [-0.39, 0.29) is 5.91 Å². The molecule has 0 spiro atoms. The van der Waals surface area contributed by atoms with E-state index in [0.717, 1.165) is 41.3 Å². The van der Waals surface area contributed by atoms with Crippen molar-refractivity contribution in [1.29, 1.82) is 0 Å². The Labute approximate surface area is 126 Å². The van der Waals surface area contributed by atoms with Crippen LogP contribution in [0.5, 0.6) is 0 Å². The zero-order valence-corrected chi connectivity index (χ0v) is 11.8. The van der Waals surface area contributed by atoms with Gasteiger partial charge in [-0.2, -0.15) is 0 Å². The second-order valence-corrected chi connectivity index (χ2v) is 5.34. The number of aliphatic imine (C=N–C) groups is 1. The van der Waals surface area contributed by atoms with E-state index in [1.165, 1.54) is 6.08 Å². The van der Waals surface area contributed by atoms with Crippen LogP contribution >= 0.6 is 11.6 Å². The summed E-state index contributed by atoms with van der Waals surface area (Å²) in [6.45, 7) is 0.787. The van der Waals surface area contributed by atoms with Crippen LogP contribution in [0.2, 0.25) is 5.15 Å². The molecule has 0 unspecified atom stereocenters. The molecule has 4 rings (SSSR count). The van der Waals surface area contributed by atoms with Crippen molar-refractivity contribution in [3.8, 4) is 0 Å². The van der Waals surface area contributed by atoms with E-state index in [1.807, 2.05) is 6.07 Å². The van der Waals surface area contributed by atoms with E-state index in [2.05, 4.69) is 20.2 Å². The number of nitrogens with zero attached hydrogens (tertiary/aromatic N) is 3. The fourth-order valence-corrected chi connectivity index (χ4v) is 2.97. The van der Waals surface area contributed by atoms with Gasteiger partial charge in [-0.15, -0.1) is 0 Å². The number of hydrogen-bond acceptors (Lipinski definition) is 4. The SMILES string of the molecule is O=C1C=CC2=CN=C(c3ccnc(Cl)c3)N3CCC(=C23)N1. The Morgan fingerprint density at radius 3 is 3.10 bits per heavy atom. The molecular weight excluding hydrogens is 288 g/mol. The van der Waals surface area contributed by atoms with Gasteiger partial charge in [0.2, 0.25) is 5.91 Å². The van der Waals surface area contributed by atoms with Crippen molar-refractivity contribution in [2.45, 2.75) is 6.42 Å². The maximum absolute atomic E-state index is 11.7. The van der Waals surface area contributed by atoms with Crippen LogP contribution in [0.1, 0.15) is 12.0 Å². The summed E-state index contributed by atoms with van der Waals surface area (Å²) in [6, 6.07) is 3.68. The zero-order chi connectivity index (χ0) is 14.4. The summed E-state index contributed by atoms with van der Waals surface area (Å²) in [7, 11) is 0. The first-order valence-electron chi connectivity index (χ1n) is 6.62. The van der Waals surface area contributed by atoms with Crippen molar-refractivity contribution < 1.29 is 4.79 Å². The lowest BCUT2D eigenvalue weighted by Gasteiger charge is -2.27. The lowest BCUT2D eigenvalue weighted by atomic mass is 10.1. The van der Waals surface area contributed by atoms with Crippen LogP contribution in [-0.2, 0) is 4.79 Å². The summed E-state index contributed by atoms with van der Waals surface area (Å²) in [6.07, 6.45) is 7.58. The Balaban J connectivity index is 1.84. The second kappa shape index (κ2) is 4.56. The molecule has 1 aromatic heterocycles. The summed E-state index contributed by atoms with van der Waals surface area (Å²) in [5.74, 6) is 0.737. The van der Waals surface area contributed by atoms with Crippen molar-refractivity contribution in [2.75, 3.05) is 6.54 Å². The fraction of sp³-hybridized carbons (Fsp3) is 0.133. The van der Waals surface area contributed by atoms with Crippen LogP contribution in [0.3, 0.4) is 0 Å². The van der Waals surface area contributed by atoms with Crippen LogP contribution < -0.4 is 5.32 Å². The number of amidine groups is 1. The molecule has 0 atom stereocenters. The molecule has 1 aromatic rings.